The van der Waals surface area contributed by atoms with Gasteiger partial charge in [-0.25, -0.2) is 9.67 Å². The summed E-state index contributed by atoms with van der Waals surface area (Å²) in [5.41, 5.74) is 1.09. The van der Waals surface area contributed by atoms with Crippen molar-refractivity contribution >= 4 is 11.7 Å². The Labute approximate surface area is 154 Å². The zero-order valence-corrected chi connectivity index (χ0v) is 15.6. The molecule has 1 aliphatic heterocycles. The van der Waals surface area contributed by atoms with Crippen molar-refractivity contribution in [3.63, 3.8) is 0 Å². The van der Waals surface area contributed by atoms with Crippen molar-refractivity contribution in [1.29, 1.82) is 0 Å². The summed E-state index contributed by atoms with van der Waals surface area (Å²) < 4.78 is 1.89. The molecule has 1 N–H and O–H groups in total. The maximum Gasteiger partial charge on any atom is 0.228 e. The molecule has 0 unspecified atom stereocenters. The van der Waals surface area contributed by atoms with Gasteiger partial charge in [0.25, 0.3) is 0 Å². The van der Waals surface area contributed by atoms with Crippen LogP contribution < -0.4 is 5.32 Å². The van der Waals surface area contributed by atoms with Crippen molar-refractivity contribution in [3.05, 3.63) is 29.7 Å². The number of carbonyl (C=O) groups is 1. The van der Waals surface area contributed by atoms with Gasteiger partial charge in [-0.1, -0.05) is 13.3 Å². The molecule has 2 aromatic heterocycles. The highest BCUT2D eigenvalue weighted by Crippen LogP contribution is 2.20. The second-order valence-corrected chi connectivity index (χ2v) is 6.93. The van der Waals surface area contributed by atoms with Crippen LogP contribution in [-0.4, -0.2) is 49.1 Å². The lowest BCUT2D eigenvalue weighted by molar-refractivity contribution is -0.121. The van der Waals surface area contributed by atoms with Crippen LogP contribution in [0.25, 0.3) is 0 Å². The number of likely N-dealkylation sites (tertiary alicyclic amines) is 1. The molecule has 0 bridgehead atoms. The van der Waals surface area contributed by atoms with Crippen molar-refractivity contribution in [1.82, 2.24) is 30.1 Å². The Balaban J connectivity index is 1.48. The van der Waals surface area contributed by atoms with Crippen molar-refractivity contribution in [2.24, 2.45) is 5.92 Å². The van der Waals surface area contributed by atoms with Crippen LogP contribution in [0, 0.1) is 12.8 Å². The molecule has 26 heavy (non-hydrogen) atoms. The van der Waals surface area contributed by atoms with Crippen molar-refractivity contribution in [2.45, 2.75) is 52.6 Å². The lowest BCUT2D eigenvalue weighted by Crippen LogP contribution is -2.38. The van der Waals surface area contributed by atoms with E-state index in [1.54, 1.807) is 6.20 Å². The van der Waals surface area contributed by atoms with E-state index >= 15 is 0 Å². The van der Waals surface area contributed by atoms with Crippen molar-refractivity contribution in [2.75, 3.05) is 18.4 Å². The number of nitrogens with one attached hydrogen (secondary N) is 1. The number of aryl methyl sites for hydroxylation is 2. The van der Waals surface area contributed by atoms with E-state index in [-0.39, 0.29) is 11.8 Å². The molecule has 3 rings (SSSR count). The van der Waals surface area contributed by atoms with Crippen LogP contribution in [0.1, 0.15) is 44.0 Å². The van der Waals surface area contributed by atoms with Gasteiger partial charge >= 0.3 is 0 Å². The van der Waals surface area contributed by atoms with E-state index in [9.17, 15) is 4.79 Å². The lowest BCUT2D eigenvalue weighted by atomic mass is 9.96. The molecule has 0 spiro atoms. The van der Waals surface area contributed by atoms with Gasteiger partial charge in [-0.2, -0.15) is 0 Å². The van der Waals surface area contributed by atoms with Gasteiger partial charge in [0.15, 0.2) is 5.82 Å². The van der Waals surface area contributed by atoms with Gasteiger partial charge in [-0.05, 0) is 67.4 Å². The molecule has 1 fully saturated rings. The molecule has 0 radical (unpaired) electrons. The van der Waals surface area contributed by atoms with Gasteiger partial charge < -0.3 is 5.32 Å². The van der Waals surface area contributed by atoms with Gasteiger partial charge in [0.2, 0.25) is 5.91 Å². The Morgan fingerprint density at radius 2 is 2.15 bits per heavy atom. The summed E-state index contributed by atoms with van der Waals surface area (Å²) in [5.74, 6) is 1.64. The number of piperidine rings is 1. The number of unbranched alkanes of at least 4 members (excludes halogenated alkanes) is 1. The lowest BCUT2D eigenvalue weighted by Gasteiger charge is -2.30. The SMILES string of the molecule is CCCCn1nnnc1CN1CCC(C(=O)Nc2cc(C)ccn2)CC1. The van der Waals surface area contributed by atoms with Crippen LogP contribution in [0.2, 0.25) is 0 Å². The molecule has 3 heterocycles. The maximum absolute atomic E-state index is 12.5. The monoisotopic (exact) mass is 357 g/mol. The summed E-state index contributed by atoms with van der Waals surface area (Å²) >= 11 is 0. The average Bonchev–Trinajstić information content (AvgIpc) is 3.07. The first-order chi connectivity index (χ1) is 12.7. The number of hydrogen-bond donors (Lipinski definition) is 1. The standard InChI is InChI=1S/C18H27N7O/c1-3-4-9-25-17(21-22-23-25)13-24-10-6-15(7-11-24)18(26)20-16-12-14(2)5-8-19-16/h5,8,12,15H,3-4,6-7,9-11,13H2,1-2H3,(H,19,20,26). The molecule has 0 atom stereocenters. The predicted molar refractivity (Wildman–Crippen MR) is 98.3 cm³/mol. The fraction of sp³-hybridized carbons (Fsp3) is 0.611. The first kappa shape index (κ1) is 18.4. The van der Waals surface area contributed by atoms with Gasteiger partial charge in [0, 0.05) is 18.7 Å². The minimum Gasteiger partial charge on any atom is -0.310 e. The maximum atomic E-state index is 12.5. The van der Waals surface area contributed by atoms with E-state index in [1.165, 1.54) is 0 Å². The van der Waals surface area contributed by atoms with E-state index in [2.05, 4.69) is 37.6 Å². The summed E-state index contributed by atoms with van der Waals surface area (Å²) in [4.78, 5) is 19.0. The number of hydrogen-bond acceptors (Lipinski definition) is 6. The van der Waals surface area contributed by atoms with Gasteiger partial charge in [0.1, 0.15) is 5.82 Å². The summed E-state index contributed by atoms with van der Waals surface area (Å²) in [6.45, 7) is 7.50. The summed E-state index contributed by atoms with van der Waals surface area (Å²) in [6.07, 6.45) is 5.60. The Morgan fingerprint density at radius 3 is 2.88 bits per heavy atom. The predicted octanol–water partition coefficient (Wildman–Crippen LogP) is 2.03. The van der Waals surface area contributed by atoms with Crippen LogP contribution in [0.4, 0.5) is 5.82 Å². The first-order valence-electron chi connectivity index (χ1n) is 9.36. The van der Waals surface area contributed by atoms with E-state index in [0.717, 1.165) is 63.3 Å². The van der Waals surface area contributed by atoms with Crippen LogP contribution in [0.15, 0.2) is 18.3 Å². The second kappa shape index (κ2) is 8.84. The Hall–Kier alpha value is -2.35. The molecule has 0 saturated carbocycles. The Bertz CT molecular complexity index is 722. The largest absolute Gasteiger partial charge is 0.310 e. The first-order valence-corrected chi connectivity index (χ1v) is 9.36. The number of aromatic nitrogens is 5. The summed E-state index contributed by atoms with van der Waals surface area (Å²) in [6, 6.07) is 3.81. The highest BCUT2D eigenvalue weighted by Gasteiger charge is 2.26. The number of amides is 1. The number of pyridine rings is 1. The van der Waals surface area contributed by atoms with E-state index in [4.69, 9.17) is 0 Å². The molecule has 0 aliphatic carbocycles. The topological polar surface area (TPSA) is 88.8 Å². The molecule has 1 amide bonds. The molecule has 140 valence electrons. The van der Waals surface area contributed by atoms with Crippen molar-refractivity contribution < 1.29 is 4.79 Å². The number of anilines is 1. The van der Waals surface area contributed by atoms with E-state index < -0.39 is 0 Å². The molecule has 1 saturated heterocycles. The highest BCUT2D eigenvalue weighted by atomic mass is 16.1. The fourth-order valence-corrected chi connectivity index (χ4v) is 3.20. The third-order valence-electron chi connectivity index (χ3n) is 4.82. The molecular formula is C18H27N7O. The fourth-order valence-electron chi connectivity index (χ4n) is 3.20. The van der Waals surface area contributed by atoms with Crippen LogP contribution in [0.3, 0.4) is 0 Å². The van der Waals surface area contributed by atoms with Crippen LogP contribution in [0.5, 0.6) is 0 Å². The highest BCUT2D eigenvalue weighted by molar-refractivity contribution is 5.91. The minimum atomic E-state index is 0.0321. The Morgan fingerprint density at radius 1 is 1.35 bits per heavy atom. The third kappa shape index (κ3) is 4.85. The third-order valence-corrected chi connectivity index (χ3v) is 4.82. The minimum absolute atomic E-state index is 0.0321. The number of carbonyl (C=O) groups excluding carboxylic acids is 1. The number of rotatable bonds is 7. The van der Waals surface area contributed by atoms with Gasteiger partial charge in [-0.15, -0.1) is 5.10 Å². The van der Waals surface area contributed by atoms with Crippen LogP contribution in [-0.2, 0) is 17.9 Å². The number of tetrazole rings is 1. The zero-order valence-electron chi connectivity index (χ0n) is 15.6. The Kier molecular flexibility index (Phi) is 6.27. The molecular weight excluding hydrogens is 330 g/mol. The molecule has 2 aromatic rings. The average molecular weight is 357 g/mol. The molecule has 8 heteroatoms. The van der Waals surface area contributed by atoms with Gasteiger partial charge in [-0.3, -0.25) is 9.69 Å². The normalized spacial score (nSPS) is 15.9. The van der Waals surface area contributed by atoms with Crippen molar-refractivity contribution in [3.8, 4) is 0 Å². The quantitative estimate of drug-likeness (QED) is 0.815. The van der Waals surface area contributed by atoms with Crippen LogP contribution >= 0.6 is 0 Å². The summed E-state index contributed by atoms with van der Waals surface area (Å²) in [5, 5.41) is 15.0. The smallest absolute Gasteiger partial charge is 0.228 e. The zero-order chi connectivity index (χ0) is 18.4. The summed E-state index contributed by atoms with van der Waals surface area (Å²) in [7, 11) is 0. The van der Waals surface area contributed by atoms with E-state index in [0.29, 0.717) is 5.82 Å². The second-order valence-electron chi connectivity index (χ2n) is 6.93. The molecule has 0 aromatic carbocycles. The van der Waals surface area contributed by atoms with E-state index in [1.807, 2.05) is 23.7 Å². The molecule has 8 nitrogen and oxygen atoms in total. The molecule has 1 aliphatic rings. The van der Waals surface area contributed by atoms with Gasteiger partial charge in [0.05, 0.1) is 6.54 Å². The number of nitrogens with zero attached hydrogens (tertiary/aromatic N) is 6.